The van der Waals surface area contributed by atoms with Gasteiger partial charge in [0.2, 0.25) is 5.88 Å². The van der Waals surface area contributed by atoms with Crippen LogP contribution in [0.5, 0.6) is 11.6 Å². The molecule has 0 saturated heterocycles. The molecule has 0 aliphatic carbocycles. The molecule has 0 atom stereocenters. The van der Waals surface area contributed by atoms with Crippen molar-refractivity contribution in [3.63, 3.8) is 0 Å². The van der Waals surface area contributed by atoms with E-state index < -0.39 is 17.5 Å². The number of hydrogen-bond acceptors (Lipinski definition) is 3. The topological polar surface area (TPSA) is 39.2 Å². The molecule has 0 bridgehead atoms. The summed E-state index contributed by atoms with van der Waals surface area (Å²) < 4.78 is 44.0. The fraction of sp³-hybridized carbons (Fsp3) is 0.294. The van der Waals surface area contributed by atoms with Crippen LogP contribution in [0.3, 0.4) is 0 Å². The highest BCUT2D eigenvalue weighted by Gasteiger charge is 2.40. The predicted molar refractivity (Wildman–Crippen MR) is 85.1 cm³/mol. The van der Waals surface area contributed by atoms with Crippen LogP contribution in [0.25, 0.3) is 0 Å². The minimum absolute atomic E-state index is 0.0314. The number of benzene rings is 1. The van der Waals surface area contributed by atoms with E-state index in [0.717, 1.165) is 6.07 Å². The Balaban J connectivity index is 2.54. The van der Waals surface area contributed by atoms with E-state index in [1.54, 1.807) is 26.0 Å². The van der Waals surface area contributed by atoms with Crippen LogP contribution < -0.4 is 4.74 Å². The Morgan fingerprint density at radius 1 is 1.08 bits per heavy atom. The number of pyridine rings is 1. The maximum Gasteiger partial charge on any atom is 0.454 e. The van der Waals surface area contributed by atoms with E-state index in [1.165, 1.54) is 13.8 Å². The van der Waals surface area contributed by atoms with E-state index in [0.29, 0.717) is 21.9 Å². The van der Waals surface area contributed by atoms with Gasteiger partial charge in [-0.1, -0.05) is 11.6 Å². The third-order valence-corrected chi connectivity index (χ3v) is 3.70. The number of rotatable bonds is 3. The second-order valence-corrected chi connectivity index (χ2v) is 5.98. The molecule has 0 spiro atoms. The molecule has 1 aromatic carbocycles. The Morgan fingerprint density at radius 2 is 1.62 bits per heavy atom. The quantitative estimate of drug-likeness (QED) is 0.680. The molecule has 0 fully saturated rings. The molecule has 0 amide bonds. The van der Waals surface area contributed by atoms with Crippen molar-refractivity contribution in [2.75, 3.05) is 0 Å². The molecular weight excluding hydrogens is 343 g/mol. The number of carbonyl (C=O) groups is 1. The summed E-state index contributed by atoms with van der Waals surface area (Å²) in [6, 6.07) is 4.47. The van der Waals surface area contributed by atoms with E-state index in [4.69, 9.17) is 16.3 Å². The van der Waals surface area contributed by atoms with Crippen LogP contribution in [0.2, 0.25) is 5.02 Å². The number of Topliss-reactive ketones (excluding diaryl/α,β-unsaturated/α-hetero) is 1. The van der Waals surface area contributed by atoms with Crippen molar-refractivity contribution in [1.29, 1.82) is 0 Å². The van der Waals surface area contributed by atoms with E-state index in [1.807, 2.05) is 0 Å². The zero-order valence-corrected chi connectivity index (χ0v) is 14.3. The number of aromatic nitrogens is 1. The van der Waals surface area contributed by atoms with Crippen LogP contribution in [-0.2, 0) is 0 Å². The number of halogens is 4. The summed E-state index contributed by atoms with van der Waals surface area (Å²) in [5.74, 6) is -1.50. The number of carbonyl (C=O) groups excluding carboxylic acids is 1. The molecule has 0 saturated carbocycles. The Labute approximate surface area is 142 Å². The summed E-state index contributed by atoms with van der Waals surface area (Å²) in [7, 11) is 0. The van der Waals surface area contributed by atoms with Gasteiger partial charge in [0.05, 0.1) is 0 Å². The molecule has 2 aromatic rings. The molecule has 0 N–H and O–H groups in total. The molecule has 128 valence electrons. The van der Waals surface area contributed by atoms with Crippen molar-refractivity contribution in [1.82, 2.24) is 4.98 Å². The van der Waals surface area contributed by atoms with Crippen molar-refractivity contribution in [2.45, 2.75) is 33.9 Å². The fourth-order valence-electron chi connectivity index (χ4n) is 2.35. The highest BCUT2D eigenvalue weighted by Crippen LogP contribution is 2.34. The van der Waals surface area contributed by atoms with Gasteiger partial charge >= 0.3 is 6.18 Å². The summed E-state index contributed by atoms with van der Waals surface area (Å²) in [6.07, 6.45) is -4.96. The van der Waals surface area contributed by atoms with Crippen molar-refractivity contribution in [3.8, 4) is 11.6 Å². The number of hydrogen-bond donors (Lipinski definition) is 0. The monoisotopic (exact) mass is 357 g/mol. The van der Waals surface area contributed by atoms with Gasteiger partial charge in [0.15, 0.2) is 0 Å². The van der Waals surface area contributed by atoms with Gasteiger partial charge in [-0.2, -0.15) is 13.2 Å². The van der Waals surface area contributed by atoms with Gasteiger partial charge in [0.25, 0.3) is 5.78 Å². The number of ether oxygens (including phenoxy) is 1. The van der Waals surface area contributed by atoms with Gasteiger partial charge < -0.3 is 4.74 Å². The molecular formula is C17H15ClF3NO2. The minimum Gasteiger partial charge on any atom is -0.438 e. The third kappa shape index (κ3) is 3.70. The second kappa shape index (κ2) is 6.43. The predicted octanol–water partition coefficient (Wildman–Crippen LogP) is 5.51. The molecule has 1 heterocycles. The maximum atomic E-state index is 12.8. The maximum absolute atomic E-state index is 12.8. The van der Waals surface area contributed by atoms with Gasteiger partial charge in [-0.15, -0.1) is 0 Å². The summed E-state index contributed by atoms with van der Waals surface area (Å²) in [5, 5.41) is 0.527. The lowest BCUT2D eigenvalue weighted by molar-refractivity contribution is -0.0885. The Bertz CT molecular complexity index is 793. The first-order valence-corrected chi connectivity index (χ1v) is 7.43. The van der Waals surface area contributed by atoms with Crippen LogP contribution in [0.1, 0.15) is 32.7 Å². The lowest BCUT2D eigenvalue weighted by Gasteiger charge is -2.16. The lowest BCUT2D eigenvalue weighted by atomic mass is 10.0. The highest BCUT2D eigenvalue weighted by molar-refractivity contribution is 6.30. The fourth-order valence-corrected chi connectivity index (χ4v) is 2.68. The summed E-state index contributed by atoms with van der Waals surface area (Å²) in [6.45, 7) is 6.41. The van der Waals surface area contributed by atoms with Crippen LogP contribution in [-0.4, -0.2) is 16.9 Å². The summed E-state index contributed by atoms with van der Waals surface area (Å²) in [5.41, 5.74) is 1.26. The molecule has 3 nitrogen and oxygen atoms in total. The largest absolute Gasteiger partial charge is 0.454 e. The van der Waals surface area contributed by atoms with Crippen LogP contribution >= 0.6 is 11.6 Å². The standard InChI is InChI=1S/C17H15ClF3NO2/c1-8-5-12(18)6-9(2)14(8)24-16-11(4)13(7-10(3)22-16)15(23)17(19,20)21/h5-7H,1-4H3. The van der Waals surface area contributed by atoms with Crippen LogP contribution in [0.15, 0.2) is 18.2 Å². The lowest BCUT2D eigenvalue weighted by Crippen LogP contribution is -2.24. The van der Waals surface area contributed by atoms with Gasteiger partial charge in [-0.25, -0.2) is 4.98 Å². The normalized spacial score (nSPS) is 11.5. The molecule has 1 aromatic heterocycles. The third-order valence-electron chi connectivity index (χ3n) is 3.48. The zero-order valence-electron chi connectivity index (χ0n) is 13.5. The number of aryl methyl sites for hydroxylation is 3. The van der Waals surface area contributed by atoms with E-state index >= 15 is 0 Å². The van der Waals surface area contributed by atoms with Crippen LogP contribution in [0, 0.1) is 27.7 Å². The molecule has 24 heavy (non-hydrogen) atoms. The van der Waals surface area contributed by atoms with Gasteiger partial charge in [-0.3, -0.25) is 4.79 Å². The molecule has 0 aliphatic heterocycles. The van der Waals surface area contributed by atoms with Crippen molar-refractivity contribution in [2.24, 2.45) is 0 Å². The summed E-state index contributed by atoms with van der Waals surface area (Å²) in [4.78, 5) is 15.7. The molecule has 2 rings (SSSR count). The minimum atomic E-state index is -4.96. The number of nitrogens with zero attached hydrogens (tertiary/aromatic N) is 1. The van der Waals surface area contributed by atoms with Crippen molar-refractivity contribution >= 4 is 17.4 Å². The Kier molecular flexibility index (Phi) is 4.90. The van der Waals surface area contributed by atoms with Gasteiger partial charge in [-0.05, 0) is 57.0 Å². The summed E-state index contributed by atoms with van der Waals surface area (Å²) >= 11 is 5.96. The zero-order chi connectivity index (χ0) is 18.2. The van der Waals surface area contributed by atoms with Gasteiger partial charge in [0.1, 0.15) is 5.75 Å². The molecule has 0 aliphatic rings. The average molecular weight is 358 g/mol. The Hall–Kier alpha value is -2.08. The SMILES string of the molecule is Cc1cc(C(=O)C(F)(F)F)c(C)c(Oc2c(C)cc(Cl)cc2C)n1. The van der Waals surface area contributed by atoms with Crippen LogP contribution in [0.4, 0.5) is 13.2 Å². The highest BCUT2D eigenvalue weighted by atomic mass is 35.5. The molecule has 0 unspecified atom stereocenters. The number of ketones is 1. The van der Waals surface area contributed by atoms with Crippen molar-refractivity contribution in [3.05, 3.63) is 51.2 Å². The molecule has 7 heteroatoms. The second-order valence-electron chi connectivity index (χ2n) is 5.54. The smallest absolute Gasteiger partial charge is 0.438 e. The molecule has 0 radical (unpaired) electrons. The first-order chi connectivity index (χ1) is 11.0. The average Bonchev–Trinajstić information content (AvgIpc) is 2.44. The Morgan fingerprint density at radius 3 is 2.12 bits per heavy atom. The number of alkyl halides is 3. The van der Waals surface area contributed by atoms with E-state index in [-0.39, 0.29) is 17.1 Å². The first kappa shape index (κ1) is 18.3. The van der Waals surface area contributed by atoms with E-state index in [9.17, 15) is 18.0 Å². The first-order valence-electron chi connectivity index (χ1n) is 7.05. The van der Waals surface area contributed by atoms with Crippen molar-refractivity contribution < 1.29 is 22.7 Å². The van der Waals surface area contributed by atoms with Gasteiger partial charge in [0, 0.05) is 21.8 Å². The van der Waals surface area contributed by atoms with E-state index in [2.05, 4.69) is 4.98 Å².